The molecule has 0 unspecified atom stereocenters. The van der Waals surface area contributed by atoms with E-state index in [2.05, 4.69) is 5.32 Å². The predicted octanol–water partition coefficient (Wildman–Crippen LogP) is 3.28. The number of hydrogen-bond acceptors (Lipinski definition) is 4. The summed E-state index contributed by atoms with van der Waals surface area (Å²) in [4.78, 5) is 23.7. The van der Waals surface area contributed by atoms with Crippen LogP contribution in [0.2, 0.25) is 5.02 Å². The molecule has 1 amide bonds. The van der Waals surface area contributed by atoms with E-state index in [1.807, 2.05) is 6.07 Å². The number of ether oxygens (including phenoxy) is 2. The lowest BCUT2D eigenvalue weighted by Crippen LogP contribution is -2.21. The second kappa shape index (κ2) is 8.31. The number of benzene rings is 2. The quantitative estimate of drug-likeness (QED) is 0.824. The van der Waals surface area contributed by atoms with Gasteiger partial charge in [0, 0.05) is 17.8 Å². The van der Waals surface area contributed by atoms with Crippen LogP contribution in [0.25, 0.3) is 0 Å². The van der Waals surface area contributed by atoms with E-state index in [9.17, 15) is 9.59 Å². The van der Waals surface area contributed by atoms with Crippen molar-refractivity contribution in [3.05, 3.63) is 64.7 Å². The Balaban J connectivity index is 1.88. The zero-order valence-electron chi connectivity index (χ0n) is 12.5. The molecule has 0 fully saturated rings. The number of halogens is 1. The van der Waals surface area contributed by atoms with Crippen LogP contribution in [0.3, 0.4) is 0 Å². The van der Waals surface area contributed by atoms with Crippen molar-refractivity contribution in [2.24, 2.45) is 0 Å². The van der Waals surface area contributed by atoms with Gasteiger partial charge in [0.15, 0.2) is 6.61 Å². The molecule has 0 aromatic heterocycles. The van der Waals surface area contributed by atoms with E-state index in [-0.39, 0.29) is 6.61 Å². The number of amides is 1. The fourth-order valence-corrected chi connectivity index (χ4v) is 2.12. The molecular formula is C17H16ClNO4. The van der Waals surface area contributed by atoms with Crippen LogP contribution in [-0.4, -0.2) is 25.6 Å². The molecule has 2 rings (SSSR count). The first-order chi connectivity index (χ1) is 11.1. The number of nitrogens with one attached hydrogen (secondary N) is 1. The molecule has 0 aliphatic heterocycles. The molecule has 0 aliphatic rings. The van der Waals surface area contributed by atoms with Gasteiger partial charge < -0.3 is 14.8 Å². The molecule has 0 atom stereocenters. The molecule has 23 heavy (non-hydrogen) atoms. The fraction of sp³-hybridized carbons (Fsp3) is 0.176. The number of carbonyl (C=O) groups excluding carboxylic acids is 2. The zero-order valence-corrected chi connectivity index (χ0v) is 13.3. The van der Waals surface area contributed by atoms with Crippen LogP contribution in [0.4, 0.5) is 5.69 Å². The molecule has 0 bridgehead atoms. The van der Waals surface area contributed by atoms with Crippen molar-refractivity contribution in [2.45, 2.75) is 6.61 Å². The third-order valence-corrected chi connectivity index (χ3v) is 3.15. The highest BCUT2D eigenvalue weighted by Gasteiger charge is 2.11. The Kier molecular flexibility index (Phi) is 6.14. The molecule has 1 N–H and O–H groups in total. The van der Waals surface area contributed by atoms with E-state index < -0.39 is 11.9 Å². The van der Waals surface area contributed by atoms with Crippen molar-refractivity contribution >= 4 is 29.2 Å². The second-order valence-corrected chi connectivity index (χ2v) is 5.20. The van der Waals surface area contributed by atoms with Gasteiger partial charge in [0.25, 0.3) is 5.91 Å². The summed E-state index contributed by atoms with van der Waals surface area (Å²) in [5.74, 6) is -1.00. The molecule has 0 aliphatic carbocycles. The van der Waals surface area contributed by atoms with Crippen LogP contribution in [0.1, 0.15) is 15.9 Å². The third-order valence-electron chi connectivity index (χ3n) is 2.92. The predicted molar refractivity (Wildman–Crippen MR) is 87.5 cm³/mol. The number of esters is 1. The smallest absolute Gasteiger partial charge is 0.338 e. The Labute approximate surface area is 139 Å². The van der Waals surface area contributed by atoms with Crippen molar-refractivity contribution in [1.82, 2.24) is 0 Å². The lowest BCUT2D eigenvalue weighted by atomic mass is 10.1. The van der Waals surface area contributed by atoms with Gasteiger partial charge in [-0.3, -0.25) is 4.79 Å². The maximum atomic E-state index is 11.9. The molecule has 120 valence electrons. The van der Waals surface area contributed by atoms with Crippen LogP contribution >= 0.6 is 11.6 Å². The molecule has 0 saturated carbocycles. The molecule has 2 aromatic rings. The average molecular weight is 334 g/mol. The molecule has 0 radical (unpaired) electrons. The number of anilines is 1. The summed E-state index contributed by atoms with van der Waals surface area (Å²) in [5.41, 5.74) is 1.76. The average Bonchev–Trinajstić information content (AvgIpc) is 2.53. The number of hydrogen-bond donors (Lipinski definition) is 1. The van der Waals surface area contributed by atoms with Crippen LogP contribution < -0.4 is 5.32 Å². The normalized spacial score (nSPS) is 10.2. The maximum absolute atomic E-state index is 11.9. The van der Waals surface area contributed by atoms with Gasteiger partial charge in [0.05, 0.1) is 12.2 Å². The summed E-state index contributed by atoms with van der Waals surface area (Å²) in [7, 11) is 1.57. The summed E-state index contributed by atoms with van der Waals surface area (Å²) in [6.45, 7) is 0.0240. The van der Waals surface area contributed by atoms with E-state index in [1.54, 1.807) is 49.6 Å². The minimum Gasteiger partial charge on any atom is -0.452 e. The van der Waals surface area contributed by atoms with Gasteiger partial charge in [-0.25, -0.2) is 4.79 Å². The van der Waals surface area contributed by atoms with Crippen LogP contribution in [0.15, 0.2) is 48.5 Å². The van der Waals surface area contributed by atoms with E-state index in [0.717, 1.165) is 5.56 Å². The summed E-state index contributed by atoms with van der Waals surface area (Å²) in [5, 5.41) is 3.11. The first-order valence-electron chi connectivity index (χ1n) is 6.89. The molecule has 0 saturated heterocycles. The summed E-state index contributed by atoms with van der Waals surface area (Å²) < 4.78 is 10.0. The van der Waals surface area contributed by atoms with Gasteiger partial charge in [-0.2, -0.15) is 0 Å². The van der Waals surface area contributed by atoms with E-state index in [1.165, 1.54) is 0 Å². The van der Waals surface area contributed by atoms with Gasteiger partial charge in [-0.1, -0.05) is 29.8 Å². The highest BCUT2D eigenvalue weighted by atomic mass is 35.5. The van der Waals surface area contributed by atoms with Gasteiger partial charge in [0.1, 0.15) is 0 Å². The minimum atomic E-state index is -0.566. The molecule has 6 heteroatoms. The Morgan fingerprint density at radius 3 is 2.65 bits per heavy atom. The molecule has 5 nitrogen and oxygen atoms in total. The van der Waals surface area contributed by atoms with Crippen LogP contribution in [0, 0.1) is 0 Å². The SMILES string of the molecule is COCc1cccc(C(=O)OCC(=O)Nc2cccc(Cl)c2)c1. The van der Waals surface area contributed by atoms with Crippen LogP contribution in [0.5, 0.6) is 0 Å². The first kappa shape index (κ1) is 17.0. The topological polar surface area (TPSA) is 64.6 Å². The summed E-state index contributed by atoms with van der Waals surface area (Å²) in [6, 6.07) is 13.6. The second-order valence-electron chi connectivity index (χ2n) is 4.77. The van der Waals surface area contributed by atoms with Gasteiger partial charge >= 0.3 is 5.97 Å². The number of methoxy groups -OCH3 is 1. The standard InChI is InChI=1S/C17H16ClNO4/c1-22-10-12-4-2-5-13(8-12)17(21)23-11-16(20)19-15-7-3-6-14(18)9-15/h2-9H,10-11H2,1H3,(H,19,20). The van der Waals surface area contributed by atoms with Gasteiger partial charge in [0.2, 0.25) is 0 Å². The monoisotopic (exact) mass is 333 g/mol. The Hall–Kier alpha value is -2.37. The molecule has 0 heterocycles. The highest BCUT2D eigenvalue weighted by molar-refractivity contribution is 6.30. The van der Waals surface area contributed by atoms with Crippen molar-refractivity contribution in [2.75, 3.05) is 19.0 Å². The Morgan fingerprint density at radius 2 is 1.91 bits per heavy atom. The number of carbonyl (C=O) groups is 2. The summed E-state index contributed by atoms with van der Waals surface area (Å²) >= 11 is 5.83. The van der Waals surface area contributed by atoms with Crippen molar-refractivity contribution in [3.8, 4) is 0 Å². The Morgan fingerprint density at radius 1 is 1.13 bits per heavy atom. The lowest BCUT2D eigenvalue weighted by Gasteiger charge is -2.08. The molecule has 0 spiro atoms. The zero-order chi connectivity index (χ0) is 16.7. The minimum absolute atomic E-state index is 0.370. The maximum Gasteiger partial charge on any atom is 0.338 e. The van der Waals surface area contributed by atoms with Crippen LogP contribution in [-0.2, 0) is 20.9 Å². The largest absolute Gasteiger partial charge is 0.452 e. The van der Waals surface area contributed by atoms with Crippen molar-refractivity contribution < 1.29 is 19.1 Å². The fourth-order valence-electron chi connectivity index (χ4n) is 1.93. The van der Waals surface area contributed by atoms with Crippen molar-refractivity contribution in [3.63, 3.8) is 0 Å². The third kappa shape index (κ3) is 5.39. The lowest BCUT2D eigenvalue weighted by molar-refractivity contribution is -0.119. The van der Waals surface area contributed by atoms with E-state index in [0.29, 0.717) is 22.9 Å². The van der Waals surface area contributed by atoms with Gasteiger partial charge in [-0.15, -0.1) is 0 Å². The molecule has 2 aromatic carbocycles. The number of rotatable bonds is 6. The first-order valence-corrected chi connectivity index (χ1v) is 7.26. The Bertz CT molecular complexity index is 702. The van der Waals surface area contributed by atoms with E-state index >= 15 is 0 Å². The van der Waals surface area contributed by atoms with Crippen molar-refractivity contribution in [1.29, 1.82) is 0 Å². The highest BCUT2D eigenvalue weighted by Crippen LogP contribution is 2.14. The molecular weight excluding hydrogens is 318 g/mol. The summed E-state index contributed by atoms with van der Waals surface area (Å²) in [6.07, 6.45) is 0. The van der Waals surface area contributed by atoms with E-state index in [4.69, 9.17) is 21.1 Å². The van der Waals surface area contributed by atoms with Gasteiger partial charge in [-0.05, 0) is 35.9 Å².